The third-order valence-corrected chi connectivity index (χ3v) is 4.66. The third kappa shape index (κ3) is 3.38. The molecule has 0 saturated heterocycles. The van der Waals surface area contributed by atoms with Gasteiger partial charge < -0.3 is 0 Å². The Hall–Kier alpha value is 0.260. The fraction of sp³-hybridized carbons (Fsp3) is 0.286. The van der Waals surface area contributed by atoms with Gasteiger partial charge in [0.2, 0.25) is 0 Å². The van der Waals surface area contributed by atoms with E-state index >= 15 is 0 Å². The molecule has 1 N–H and O–H groups in total. The molecule has 1 aromatic heterocycles. The van der Waals surface area contributed by atoms with E-state index in [-0.39, 0.29) is 26.0 Å². The molecule has 0 unspecified atom stereocenters. The predicted molar refractivity (Wildman–Crippen MR) is 69.5 cm³/mol. The summed E-state index contributed by atoms with van der Waals surface area (Å²) >= 11 is 23.1. The number of pyridine rings is 1. The number of nitrogens with one attached hydrogen (secondary N) is 1. The first-order valence-electron chi connectivity index (χ1n) is 4.04. The predicted octanol–water partition coefficient (Wildman–Crippen LogP) is 4.51. The highest BCUT2D eigenvalue weighted by Gasteiger charge is 2.26. The smallest absolute Gasteiger partial charge is 0.296 e. The summed E-state index contributed by atoms with van der Waals surface area (Å²) in [4.78, 5) is 3.67. The van der Waals surface area contributed by atoms with Gasteiger partial charge in [0.25, 0.3) is 0 Å². The maximum atomic E-state index is 11.9. The second-order valence-electron chi connectivity index (χ2n) is 2.67. The van der Waals surface area contributed by atoms with Crippen molar-refractivity contribution in [3.8, 4) is 0 Å². The summed E-state index contributed by atoms with van der Waals surface area (Å²) in [6.45, 7) is 0. The van der Waals surface area contributed by atoms with Gasteiger partial charge in [-0.25, -0.2) is 9.55 Å². The van der Waals surface area contributed by atoms with Crippen molar-refractivity contribution in [3.63, 3.8) is 0 Å². The molecule has 96 valence electrons. The van der Waals surface area contributed by atoms with Crippen LogP contribution in [0.2, 0.25) is 20.4 Å². The Labute approximate surface area is 118 Å². The van der Waals surface area contributed by atoms with Crippen molar-refractivity contribution in [3.05, 3.63) is 20.4 Å². The van der Waals surface area contributed by atoms with Crippen molar-refractivity contribution >= 4 is 59.8 Å². The molecule has 5 nitrogen and oxygen atoms in total. The summed E-state index contributed by atoms with van der Waals surface area (Å²) in [6.07, 6.45) is 0. The van der Waals surface area contributed by atoms with Crippen molar-refractivity contribution < 1.29 is 13.6 Å². The molecule has 0 atom stereocenters. The minimum atomic E-state index is -3.56. The molecule has 10 heteroatoms. The van der Waals surface area contributed by atoms with Gasteiger partial charge in [0, 0.05) is 14.2 Å². The lowest BCUT2D eigenvalue weighted by atomic mass is 10.4. The summed E-state index contributed by atoms with van der Waals surface area (Å²) in [6, 6.07) is 0. The fourth-order valence-corrected chi connectivity index (χ4v) is 2.67. The van der Waals surface area contributed by atoms with Crippen LogP contribution in [0.5, 0.6) is 0 Å². The minimum absolute atomic E-state index is 0.0320. The summed E-state index contributed by atoms with van der Waals surface area (Å²) in [5, 5.41) is 2.18. The van der Waals surface area contributed by atoms with Gasteiger partial charge in [0.15, 0.2) is 10.3 Å². The first-order valence-corrected chi connectivity index (χ1v) is 7.10. The van der Waals surface area contributed by atoms with Crippen molar-refractivity contribution in [2.24, 2.45) is 0 Å². The molecule has 0 fully saturated rings. The van der Waals surface area contributed by atoms with E-state index in [2.05, 4.69) is 19.1 Å². The van der Waals surface area contributed by atoms with Crippen molar-refractivity contribution in [2.75, 3.05) is 19.3 Å². The average Bonchev–Trinajstić information content (AvgIpc) is 2.32. The second-order valence-corrected chi connectivity index (χ2v) is 6.09. The number of rotatable bonds is 4. The first-order chi connectivity index (χ1) is 7.84. The summed E-state index contributed by atoms with van der Waals surface area (Å²) in [5.74, 6) is 0. The van der Waals surface area contributed by atoms with Crippen LogP contribution in [0.15, 0.2) is 0 Å². The molecule has 0 aliphatic heterocycles. The molecule has 17 heavy (non-hydrogen) atoms. The van der Waals surface area contributed by atoms with Gasteiger partial charge in [-0.3, -0.25) is 14.1 Å². The molecule has 1 rings (SSSR count). The highest BCUT2D eigenvalue weighted by Crippen LogP contribution is 2.51. The molecule has 1 heterocycles. The van der Waals surface area contributed by atoms with Crippen LogP contribution in [-0.4, -0.2) is 19.2 Å². The highest BCUT2D eigenvalue weighted by molar-refractivity contribution is 7.55. The van der Waals surface area contributed by atoms with Crippen LogP contribution in [0.3, 0.4) is 0 Å². The number of anilines is 1. The lowest BCUT2D eigenvalue weighted by molar-refractivity contribution is 0.281. The van der Waals surface area contributed by atoms with Crippen LogP contribution in [0.25, 0.3) is 0 Å². The van der Waals surface area contributed by atoms with E-state index < -0.39 is 7.75 Å². The van der Waals surface area contributed by atoms with Crippen LogP contribution in [0.1, 0.15) is 0 Å². The molecule has 0 aromatic carbocycles. The molecular formula is C7H7Cl4N2O3P. The zero-order valence-electron chi connectivity index (χ0n) is 8.63. The largest absolute Gasteiger partial charge is 0.432 e. The molecule has 0 aliphatic carbocycles. The fourth-order valence-electron chi connectivity index (χ4n) is 0.888. The number of hydrogen-bond acceptors (Lipinski definition) is 4. The van der Waals surface area contributed by atoms with E-state index in [0.29, 0.717) is 0 Å². The lowest BCUT2D eigenvalue weighted by Crippen LogP contribution is -2.03. The van der Waals surface area contributed by atoms with Crippen LogP contribution in [0.4, 0.5) is 5.69 Å². The van der Waals surface area contributed by atoms with Crippen molar-refractivity contribution in [2.45, 2.75) is 0 Å². The van der Waals surface area contributed by atoms with Crippen molar-refractivity contribution in [1.82, 2.24) is 4.98 Å². The third-order valence-electron chi connectivity index (χ3n) is 1.73. The summed E-state index contributed by atoms with van der Waals surface area (Å²) in [5.41, 5.74) is 0.0327. The van der Waals surface area contributed by atoms with Crippen LogP contribution in [0, 0.1) is 0 Å². The molecule has 0 saturated carbocycles. The average molecular weight is 340 g/mol. The summed E-state index contributed by atoms with van der Waals surface area (Å²) < 4.78 is 21.2. The van der Waals surface area contributed by atoms with Crippen molar-refractivity contribution in [1.29, 1.82) is 0 Å². The second kappa shape index (κ2) is 5.93. The van der Waals surface area contributed by atoms with Gasteiger partial charge in [-0.1, -0.05) is 46.4 Å². The quantitative estimate of drug-likeness (QED) is 0.646. The number of aromatic nitrogens is 1. The van der Waals surface area contributed by atoms with Gasteiger partial charge >= 0.3 is 7.75 Å². The van der Waals surface area contributed by atoms with E-state index in [9.17, 15) is 4.57 Å². The Morgan fingerprint density at radius 1 is 1.06 bits per heavy atom. The SMILES string of the molecule is COP(=O)(Nc1c(Cl)c(Cl)nc(Cl)c1Cl)OC. The molecule has 0 aliphatic rings. The standard InChI is InChI=1S/C7H7Cl4N2O3P/c1-15-17(14,16-2)13-5-3(8)6(10)12-7(11)4(5)9/h1-2H3,(H,12,13,14). The van der Waals surface area contributed by atoms with E-state index in [0.717, 1.165) is 0 Å². The summed E-state index contributed by atoms with van der Waals surface area (Å²) in [7, 11) is -1.16. The highest BCUT2D eigenvalue weighted by atomic mass is 35.5. The Morgan fingerprint density at radius 2 is 1.47 bits per heavy atom. The van der Waals surface area contributed by atoms with Gasteiger partial charge in [-0.05, 0) is 0 Å². The van der Waals surface area contributed by atoms with Gasteiger partial charge in [0.05, 0.1) is 5.69 Å². The molecule has 0 amide bonds. The Morgan fingerprint density at radius 3 is 1.82 bits per heavy atom. The lowest BCUT2D eigenvalue weighted by Gasteiger charge is -2.18. The molecule has 1 aromatic rings. The van der Waals surface area contributed by atoms with Gasteiger partial charge in [-0.15, -0.1) is 0 Å². The van der Waals surface area contributed by atoms with E-state index in [1.165, 1.54) is 14.2 Å². The molecular weight excluding hydrogens is 333 g/mol. The number of hydrogen-bond donors (Lipinski definition) is 1. The zero-order chi connectivity index (χ0) is 13.2. The zero-order valence-corrected chi connectivity index (χ0v) is 12.5. The normalized spacial score (nSPS) is 11.6. The van der Waals surface area contributed by atoms with Crippen LogP contribution < -0.4 is 5.09 Å². The van der Waals surface area contributed by atoms with Crippen LogP contribution >= 0.6 is 54.2 Å². The van der Waals surface area contributed by atoms with Gasteiger partial charge in [-0.2, -0.15) is 0 Å². The number of halogens is 4. The molecule has 0 radical (unpaired) electrons. The molecule has 0 bridgehead atoms. The minimum Gasteiger partial charge on any atom is -0.296 e. The topological polar surface area (TPSA) is 60.5 Å². The molecule has 0 spiro atoms. The van der Waals surface area contributed by atoms with Crippen LogP contribution in [-0.2, 0) is 13.6 Å². The Bertz CT molecular complexity index is 450. The van der Waals surface area contributed by atoms with E-state index in [1.807, 2.05) is 0 Å². The Kier molecular flexibility index (Phi) is 5.35. The maximum Gasteiger partial charge on any atom is 0.432 e. The van der Waals surface area contributed by atoms with Gasteiger partial charge in [0.1, 0.15) is 10.0 Å². The monoisotopic (exact) mass is 338 g/mol. The first kappa shape index (κ1) is 15.3. The maximum absolute atomic E-state index is 11.9. The number of nitrogens with zero attached hydrogens (tertiary/aromatic N) is 1. The van der Waals surface area contributed by atoms with E-state index in [1.54, 1.807) is 0 Å². The van der Waals surface area contributed by atoms with E-state index in [4.69, 9.17) is 46.4 Å². The Balaban J connectivity index is 3.28.